The van der Waals surface area contributed by atoms with Crippen molar-refractivity contribution in [3.63, 3.8) is 0 Å². The van der Waals surface area contributed by atoms with Gasteiger partial charge in [0.2, 0.25) is 0 Å². The first-order valence-electron chi connectivity index (χ1n) is 5.59. The number of benzene rings is 1. The molecule has 1 aliphatic carbocycles. The number of fused-ring (bicyclic) bond motifs is 1. The van der Waals surface area contributed by atoms with Gasteiger partial charge in [0, 0.05) is 6.07 Å². The smallest absolute Gasteiger partial charge is 0.117 e. The minimum atomic E-state index is 0.244. The molecule has 1 heterocycles. The quantitative estimate of drug-likeness (QED) is 0.798. The number of phenols is 1. The van der Waals surface area contributed by atoms with Crippen LogP contribution in [0.2, 0.25) is 0 Å². The van der Waals surface area contributed by atoms with E-state index in [9.17, 15) is 5.11 Å². The number of phenolic OH excluding ortho intramolecular Hbond substituents is 1. The van der Waals surface area contributed by atoms with E-state index in [1.54, 1.807) is 12.1 Å². The SMILES string of the molecule is CC1(C)CC(n2nnc3cc(O)ccc32)C1. The normalized spacial score (nSPS) is 19.9. The Hall–Kier alpha value is -1.58. The standard InChI is InChI=1S/C12H15N3O/c1-12(2)6-8(7-12)15-11-4-3-9(16)5-10(11)13-14-15/h3-5,8,16H,6-7H2,1-2H3. The summed E-state index contributed by atoms with van der Waals surface area (Å²) in [6.45, 7) is 4.54. The summed E-state index contributed by atoms with van der Waals surface area (Å²) in [6.07, 6.45) is 2.29. The predicted octanol–water partition coefficient (Wildman–Crippen LogP) is 2.50. The third-order valence-electron chi connectivity index (χ3n) is 3.38. The van der Waals surface area contributed by atoms with Crippen LogP contribution in [0.15, 0.2) is 18.2 Å². The number of rotatable bonds is 1. The highest BCUT2D eigenvalue weighted by Gasteiger charge is 2.38. The van der Waals surface area contributed by atoms with Crippen LogP contribution in [0.1, 0.15) is 32.7 Å². The van der Waals surface area contributed by atoms with Crippen LogP contribution in [-0.4, -0.2) is 20.1 Å². The van der Waals surface area contributed by atoms with Gasteiger partial charge in [-0.15, -0.1) is 5.10 Å². The number of aromatic nitrogens is 3. The van der Waals surface area contributed by atoms with Gasteiger partial charge < -0.3 is 5.11 Å². The Morgan fingerprint density at radius 3 is 2.81 bits per heavy atom. The molecule has 16 heavy (non-hydrogen) atoms. The maximum Gasteiger partial charge on any atom is 0.117 e. The molecule has 1 aromatic heterocycles. The van der Waals surface area contributed by atoms with Crippen molar-refractivity contribution in [3.05, 3.63) is 18.2 Å². The second kappa shape index (κ2) is 2.97. The van der Waals surface area contributed by atoms with Gasteiger partial charge in [0.25, 0.3) is 0 Å². The molecule has 1 aromatic carbocycles. The van der Waals surface area contributed by atoms with E-state index in [4.69, 9.17) is 0 Å². The van der Waals surface area contributed by atoms with Crippen LogP contribution in [0.3, 0.4) is 0 Å². The zero-order valence-electron chi connectivity index (χ0n) is 9.51. The molecule has 84 valence electrons. The lowest BCUT2D eigenvalue weighted by Crippen LogP contribution is -2.34. The van der Waals surface area contributed by atoms with Crippen molar-refractivity contribution in [1.29, 1.82) is 0 Å². The van der Waals surface area contributed by atoms with Gasteiger partial charge in [-0.25, -0.2) is 4.68 Å². The summed E-state index contributed by atoms with van der Waals surface area (Å²) >= 11 is 0. The highest BCUT2D eigenvalue weighted by Crippen LogP contribution is 2.48. The molecular weight excluding hydrogens is 202 g/mol. The Morgan fingerprint density at radius 2 is 2.12 bits per heavy atom. The molecule has 0 spiro atoms. The lowest BCUT2D eigenvalue weighted by molar-refractivity contribution is 0.0966. The van der Waals surface area contributed by atoms with E-state index < -0.39 is 0 Å². The molecule has 4 heteroatoms. The van der Waals surface area contributed by atoms with Crippen LogP contribution in [0.4, 0.5) is 0 Å². The highest BCUT2D eigenvalue weighted by molar-refractivity contribution is 5.76. The first kappa shape index (κ1) is 9.63. The molecule has 1 aliphatic rings. The van der Waals surface area contributed by atoms with Crippen LogP contribution in [0, 0.1) is 5.41 Å². The monoisotopic (exact) mass is 217 g/mol. The van der Waals surface area contributed by atoms with Crippen LogP contribution in [0.5, 0.6) is 5.75 Å². The van der Waals surface area contributed by atoms with Gasteiger partial charge in [-0.05, 0) is 30.4 Å². The number of aromatic hydroxyl groups is 1. The Balaban J connectivity index is 2.00. The van der Waals surface area contributed by atoms with Gasteiger partial charge >= 0.3 is 0 Å². The Labute approximate surface area is 93.9 Å². The molecule has 0 bridgehead atoms. The molecule has 0 radical (unpaired) electrons. The van der Waals surface area contributed by atoms with Gasteiger partial charge in [-0.3, -0.25) is 0 Å². The lowest BCUT2D eigenvalue weighted by atomic mass is 9.68. The fraction of sp³-hybridized carbons (Fsp3) is 0.500. The summed E-state index contributed by atoms with van der Waals surface area (Å²) in [4.78, 5) is 0. The van der Waals surface area contributed by atoms with Gasteiger partial charge in [-0.2, -0.15) is 0 Å². The van der Waals surface area contributed by atoms with Crippen molar-refractivity contribution < 1.29 is 5.11 Å². The van der Waals surface area contributed by atoms with Crippen LogP contribution in [0.25, 0.3) is 11.0 Å². The second-order valence-corrected chi connectivity index (χ2v) is 5.43. The molecule has 0 amide bonds. The van der Waals surface area contributed by atoms with Crippen molar-refractivity contribution in [1.82, 2.24) is 15.0 Å². The average Bonchev–Trinajstić information content (AvgIpc) is 2.56. The molecule has 3 rings (SSSR count). The maximum atomic E-state index is 9.36. The molecule has 0 unspecified atom stereocenters. The molecule has 1 saturated carbocycles. The summed E-state index contributed by atoms with van der Waals surface area (Å²) in [5.41, 5.74) is 2.21. The van der Waals surface area contributed by atoms with Gasteiger partial charge in [0.15, 0.2) is 0 Å². The highest BCUT2D eigenvalue weighted by atomic mass is 16.3. The zero-order valence-corrected chi connectivity index (χ0v) is 9.51. The largest absolute Gasteiger partial charge is 0.508 e. The Bertz CT molecular complexity index is 536. The molecule has 4 nitrogen and oxygen atoms in total. The zero-order chi connectivity index (χ0) is 11.3. The van der Waals surface area contributed by atoms with E-state index in [2.05, 4.69) is 24.2 Å². The van der Waals surface area contributed by atoms with E-state index >= 15 is 0 Å². The Morgan fingerprint density at radius 1 is 1.38 bits per heavy atom. The topological polar surface area (TPSA) is 50.9 Å². The summed E-state index contributed by atoms with van der Waals surface area (Å²) in [7, 11) is 0. The molecule has 1 N–H and O–H groups in total. The summed E-state index contributed by atoms with van der Waals surface area (Å²) in [5.74, 6) is 0.244. The molecule has 0 atom stereocenters. The minimum Gasteiger partial charge on any atom is -0.508 e. The summed E-state index contributed by atoms with van der Waals surface area (Å²) in [6, 6.07) is 5.69. The summed E-state index contributed by atoms with van der Waals surface area (Å²) in [5, 5.41) is 17.6. The van der Waals surface area contributed by atoms with Crippen molar-refractivity contribution in [2.75, 3.05) is 0 Å². The van der Waals surface area contributed by atoms with Crippen molar-refractivity contribution >= 4 is 11.0 Å². The average molecular weight is 217 g/mol. The lowest BCUT2D eigenvalue weighted by Gasteiger charge is -2.42. The molecular formula is C12H15N3O. The Kier molecular flexibility index (Phi) is 1.79. The first-order chi connectivity index (χ1) is 7.55. The third kappa shape index (κ3) is 1.37. The molecule has 1 fully saturated rings. The molecule has 2 aromatic rings. The fourth-order valence-corrected chi connectivity index (χ4v) is 2.59. The van der Waals surface area contributed by atoms with Gasteiger partial charge in [0.05, 0.1) is 11.6 Å². The van der Waals surface area contributed by atoms with E-state index in [-0.39, 0.29) is 5.75 Å². The van der Waals surface area contributed by atoms with Gasteiger partial charge in [-0.1, -0.05) is 19.1 Å². The number of hydrogen-bond donors (Lipinski definition) is 1. The van der Waals surface area contributed by atoms with Crippen molar-refractivity contribution in [3.8, 4) is 5.75 Å². The second-order valence-electron chi connectivity index (χ2n) is 5.43. The number of hydrogen-bond acceptors (Lipinski definition) is 3. The maximum absolute atomic E-state index is 9.36. The van der Waals surface area contributed by atoms with E-state index in [0.717, 1.165) is 23.9 Å². The van der Waals surface area contributed by atoms with Gasteiger partial charge in [0.1, 0.15) is 11.3 Å². The van der Waals surface area contributed by atoms with Crippen molar-refractivity contribution in [2.24, 2.45) is 5.41 Å². The van der Waals surface area contributed by atoms with Crippen molar-refractivity contribution in [2.45, 2.75) is 32.7 Å². The van der Waals surface area contributed by atoms with E-state index in [0.29, 0.717) is 11.5 Å². The third-order valence-corrected chi connectivity index (χ3v) is 3.38. The van der Waals surface area contributed by atoms with Crippen LogP contribution < -0.4 is 0 Å². The molecule has 0 aliphatic heterocycles. The van der Waals surface area contributed by atoms with Crippen LogP contribution >= 0.6 is 0 Å². The van der Waals surface area contributed by atoms with E-state index in [1.807, 2.05) is 10.7 Å². The molecule has 0 saturated heterocycles. The van der Waals surface area contributed by atoms with E-state index in [1.165, 1.54) is 0 Å². The predicted molar refractivity (Wildman–Crippen MR) is 61.2 cm³/mol. The van der Waals surface area contributed by atoms with Crippen LogP contribution in [-0.2, 0) is 0 Å². The summed E-state index contributed by atoms with van der Waals surface area (Å²) < 4.78 is 1.99. The first-order valence-corrected chi connectivity index (χ1v) is 5.59. The minimum absolute atomic E-state index is 0.244. The number of nitrogens with zero attached hydrogens (tertiary/aromatic N) is 3. The fourth-order valence-electron chi connectivity index (χ4n) is 2.59.